The van der Waals surface area contributed by atoms with E-state index >= 15 is 0 Å². The summed E-state index contributed by atoms with van der Waals surface area (Å²) in [5.41, 5.74) is 7.70. The van der Waals surface area contributed by atoms with Gasteiger partial charge < -0.3 is 10.6 Å². The quantitative estimate of drug-likeness (QED) is 0.887. The van der Waals surface area contributed by atoms with Crippen molar-refractivity contribution in [1.82, 2.24) is 14.7 Å². The standard InChI is InChI=1S/C18H23ClN4O/c1-11(2)23-17(20)16(10-21-23)18(24)22(15-8-9-15)12(3)13-4-6-14(19)7-5-13/h4-7,10-12,15H,8-9,20H2,1-3H3/t12-/m1/s1. The number of halogens is 1. The molecule has 0 spiro atoms. The van der Waals surface area contributed by atoms with Crippen LogP contribution >= 0.6 is 11.6 Å². The second-order valence-electron chi connectivity index (χ2n) is 6.65. The maximum atomic E-state index is 13.1. The summed E-state index contributed by atoms with van der Waals surface area (Å²) in [6, 6.07) is 8.00. The highest BCUT2D eigenvalue weighted by atomic mass is 35.5. The summed E-state index contributed by atoms with van der Waals surface area (Å²) in [6.45, 7) is 6.03. The summed E-state index contributed by atoms with van der Waals surface area (Å²) < 4.78 is 1.69. The number of benzene rings is 1. The molecule has 24 heavy (non-hydrogen) atoms. The predicted octanol–water partition coefficient (Wildman–Crippen LogP) is 4.07. The Bertz CT molecular complexity index is 734. The third-order valence-electron chi connectivity index (χ3n) is 4.50. The van der Waals surface area contributed by atoms with Gasteiger partial charge in [-0.05, 0) is 51.3 Å². The molecule has 1 aromatic heterocycles. The van der Waals surface area contributed by atoms with Gasteiger partial charge in [0.15, 0.2) is 0 Å². The molecule has 2 N–H and O–H groups in total. The highest BCUT2D eigenvalue weighted by Crippen LogP contribution is 2.36. The van der Waals surface area contributed by atoms with Gasteiger partial charge in [-0.15, -0.1) is 0 Å². The molecule has 1 saturated carbocycles. The van der Waals surface area contributed by atoms with E-state index in [9.17, 15) is 4.79 Å². The minimum Gasteiger partial charge on any atom is -0.383 e. The molecule has 5 nitrogen and oxygen atoms in total. The first kappa shape index (κ1) is 16.8. The van der Waals surface area contributed by atoms with Gasteiger partial charge in [0, 0.05) is 17.1 Å². The van der Waals surface area contributed by atoms with E-state index < -0.39 is 0 Å². The summed E-state index contributed by atoms with van der Waals surface area (Å²) in [7, 11) is 0. The van der Waals surface area contributed by atoms with Crippen molar-refractivity contribution in [2.24, 2.45) is 0 Å². The Kier molecular flexibility index (Phi) is 4.54. The van der Waals surface area contributed by atoms with Crippen molar-refractivity contribution in [2.75, 3.05) is 5.73 Å². The molecule has 128 valence electrons. The molecule has 1 atom stereocenters. The fraction of sp³-hybridized carbons (Fsp3) is 0.444. The van der Waals surface area contributed by atoms with Crippen LogP contribution in [0.3, 0.4) is 0 Å². The van der Waals surface area contributed by atoms with E-state index in [0.29, 0.717) is 16.4 Å². The lowest BCUT2D eigenvalue weighted by Crippen LogP contribution is -2.35. The number of nitrogens with zero attached hydrogens (tertiary/aromatic N) is 3. The molecule has 0 aliphatic heterocycles. The van der Waals surface area contributed by atoms with Crippen molar-refractivity contribution in [3.05, 3.63) is 46.6 Å². The van der Waals surface area contributed by atoms with Crippen molar-refractivity contribution >= 4 is 23.3 Å². The number of hydrogen-bond donors (Lipinski definition) is 1. The molecule has 1 aliphatic carbocycles. The molecule has 1 aliphatic rings. The van der Waals surface area contributed by atoms with E-state index in [1.165, 1.54) is 0 Å². The molecule has 0 saturated heterocycles. The maximum Gasteiger partial charge on any atom is 0.259 e. The number of carbonyl (C=O) groups excluding carboxylic acids is 1. The van der Waals surface area contributed by atoms with E-state index in [4.69, 9.17) is 17.3 Å². The van der Waals surface area contributed by atoms with Gasteiger partial charge in [-0.2, -0.15) is 5.10 Å². The van der Waals surface area contributed by atoms with Gasteiger partial charge in [0.2, 0.25) is 0 Å². The van der Waals surface area contributed by atoms with E-state index in [0.717, 1.165) is 18.4 Å². The number of anilines is 1. The van der Waals surface area contributed by atoms with E-state index in [1.807, 2.05) is 49.9 Å². The normalized spacial score (nSPS) is 15.5. The SMILES string of the molecule is CC(C)n1ncc(C(=O)N(C2CC2)[C@H](C)c2ccc(Cl)cc2)c1N. The van der Waals surface area contributed by atoms with Crippen LogP contribution in [0.2, 0.25) is 5.02 Å². The number of aromatic nitrogens is 2. The molecule has 0 unspecified atom stereocenters. The molecule has 0 radical (unpaired) electrons. The molecule has 3 rings (SSSR count). The summed E-state index contributed by atoms with van der Waals surface area (Å²) in [6.07, 6.45) is 3.64. The third-order valence-corrected chi connectivity index (χ3v) is 4.75. The third kappa shape index (κ3) is 3.13. The Balaban J connectivity index is 1.91. The molecule has 0 bridgehead atoms. The van der Waals surface area contributed by atoms with Crippen LogP contribution in [-0.4, -0.2) is 26.6 Å². The molecule has 1 heterocycles. The lowest BCUT2D eigenvalue weighted by Gasteiger charge is -2.29. The molecule has 1 fully saturated rings. The van der Waals surface area contributed by atoms with Crippen LogP contribution in [0.15, 0.2) is 30.5 Å². The topological polar surface area (TPSA) is 64.2 Å². The molecule has 1 amide bonds. The van der Waals surface area contributed by atoms with E-state index in [-0.39, 0.29) is 24.0 Å². The number of hydrogen-bond acceptors (Lipinski definition) is 3. The second-order valence-corrected chi connectivity index (χ2v) is 7.09. The van der Waals surface area contributed by atoms with Crippen LogP contribution in [0.5, 0.6) is 0 Å². The zero-order valence-electron chi connectivity index (χ0n) is 14.2. The smallest absolute Gasteiger partial charge is 0.259 e. The molecular formula is C18H23ClN4O. The summed E-state index contributed by atoms with van der Waals surface area (Å²) in [4.78, 5) is 15.1. The molecular weight excluding hydrogens is 324 g/mol. The van der Waals surface area contributed by atoms with Crippen molar-refractivity contribution < 1.29 is 4.79 Å². The minimum atomic E-state index is -0.0515. The zero-order valence-corrected chi connectivity index (χ0v) is 15.0. The number of nitrogens with two attached hydrogens (primary N) is 1. The van der Waals surface area contributed by atoms with Crippen molar-refractivity contribution in [2.45, 2.75) is 51.7 Å². The van der Waals surface area contributed by atoms with Crippen LogP contribution in [0, 0.1) is 0 Å². The summed E-state index contributed by atoms with van der Waals surface area (Å²) >= 11 is 5.97. The number of nitrogen functional groups attached to an aromatic ring is 1. The number of carbonyl (C=O) groups is 1. The van der Waals surface area contributed by atoms with Gasteiger partial charge in [-0.3, -0.25) is 4.79 Å². The van der Waals surface area contributed by atoms with Crippen molar-refractivity contribution in [1.29, 1.82) is 0 Å². The van der Waals surface area contributed by atoms with Crippen LogP contribution < -0.4 is 5.73 Å². The van der Waals surface area contributed by atoms with Crippen LogP contribution in [0.4, 0.5) is 5.82 Å². The maximum absolute atomic E-state index is 13.1. The lowest BCUT2D eigenvalue weighted by atomic mass is 10.1. The average molecular weight is 347 g/mol. The first-order valence-corrected chi connectivity index (χ1v) is 8.69. The van der Waals surface area contributed by atoms with Gasteiger partial charge in [0.25, 0.3) is 5.91 Å². The first-order chi connectivity index (χ1) is 11.4. The van der Waals surface area contributed by atoms with Gasteiger partial charge >= 0.3 is 0 Å². The average Bonchev–Trinajstić information content (AvgIpc) is 3.29. The molecule has 6 heteroatoms. The number of rotatable bonds is 5. The van der Waals surface area contributed by atoms with Gasteiger partial charge in [0.05, 0.1) is 12.2 Å². The Morgan fingerprint density at radius 1 is 1.29 bits per heavy atom. The Labute approximate surface area is 147 Å². The van der Waals surface area contributed by atoms with Crippen LogP contribution in [0.25, 0.3) is 0 Å². The zero-order chi connectivity index (χ0) is 17.4. The summed E-state index contributed by atoms with van der Waals surface area (Å²) in [5, 5.41) is 4.96. The Morgan fingerprint density at radius 2 is 1.92 bits per heavy atom. The monoisotopic (exact) mass is 346 g/mol. The molecule has 1 aromatic carbocycles. The van der Waals surface area contributed by atoms with Crippen LogP contribution in [0.1, 0.15) is 61.6 Å². The van der Waals surface area contributed by atoms with Gasteiger partial charge in [0.1, 0.15) is 11.4 Å². The van der Waals surface area contributed by atoms with E-state index in [1.54, 1.807) is 10.9 Å². The van der Waals surface area contributed by atoms with Gasteiger partial charge in [-0.25, -0.2) is 4.68 Å². The summed E-state index contributed by atoms with van der Waals surface area (Å²) in [5.74, 6) is 0.383. The highest BCUT2D eigenvalue weighted by molar-refractivity contribution is 6.30. The first-order valence-electron chi connectivity index (χ1n) is 8.31. The second kappa shape index (κ2) is 6.48. The number of amides is 1. The Hall–Kier alpha value is -2.01. The Morgan fingerprint density at radius 3 is 2.42 bits per heavy atom. The van der Waals surface area contributed by atoms with Gasteiger partial charge in [-0.1, -0.05) is 23.7 Å². The fourth-order valence-electron chi connectivity index (χ4n) is 3.00. The lowest BCUT2D eigenvalue weighted by molar-refractivity contribution is 0.0675. The van der Waals surface area contributed by atoms with Crippen molar-refractivity contribution in [3.63, 3.8) is 0 Å². The fourth-order valence-corrected chi connectivity index (χ4v) is 3.13. The van der Waals surface area contributed by atoms with Crippen molar-refractivity contribution in [3.8, 4) is 0 Å². The minimum absolute atomic E-state index is 0.0379. The van der Waals surface area contributed by atoms with E-state index in [2.05, 4.69) is 5.10 Å². The highest BCUT2D eigenvalue weighted by Gasteiger charge is 2.38. The van der Waals surface area contributed by atoms with Crippen LogP contribution in [-0.2, 0) is 0 Å². The predicted molar refractivity (Wildman–Crippen MR) is 96.1 cm³/mol. The molecule has 2 aromatic rings. The largest absolute Gasteiger partial charge is 0.383 e.